The van der Waals surface area contributed by atoms with E-state index in [9.17, 15) is 4.79 Å². The van der Waals surface area contributed by atoms with E-state index in [2.05, 4.69) is 0 Å². The van der Waals surface area contributed by atoms with Gasteiger partial charge in [0.05, 0.1) is 0 Å². The normalized spacial score (nSPS) is 27.8. The molecule has 4 heteroatoms. The highest BCUT2D eigenvalue weighted by atomic mass is 16.5. The molecular formula is C17H24N2O2. The van der Waals surface area contributed by atoms with E-state index in [1.54, 1.807) is 0 Å². The number of rotatable bonds is 3. The lowest BCUT2D eigenvalue weighted by atomic mass is 9.98. The number of hydrogen-bond acceptors (Lipinski definition) is 3. The number of likely N-dealkylation sites (tertiary alicyclic amines) is 1. The van der Waals surface area contributed by atoms with Crippen LogP contribution in [-0.2, 0) is 4.79 Å². The van der Waals surface area contributed by atoms with Crippen LogP contribution >= 0.6 is 0 Å². The highest BCUT2D eigenvalue weighted by molar-refractivity contribution is 5.78. The van der Waals surface area contributed by atoms with Gasteiger partial charge in [-0.2, -0.15) is 0 Å². The van der Waals surface area contributed by atoms with Crippen LogP contribution in [0.2, 0.25) is 0 Å². The summed E-state index contributed by atoms with van der Waals surface area (Å²) in [5.41, 5.74) is 8.32. The van der Waals surface area contributed by atoms with Gasteiger partial charge < -0.3 is 15.4 Å². The summed E-state index contributed by atoms with van der Waals surface area (Å²) in [6, 6.07) is 6.33. The molecule has 3 unspecified atom stereocenters. The third-order valence-corrected chi connectivity index (χ3v) is 4.96. The molecule has 1 saturated carbocycles. The largest absolute Gasteiger partial charge is 0.483 e. The summed E-state index contributed by atoms with van der Waals surface area (Å²) in [7, 11) is 0. The molecule has 1 aliphatic carbocycles. The predicted octanol–water partition coefficient (Wildman–Crippen LogP) is 1.88. The molecule has 3 atom stereocenters. The number of amides is 1. The summed E-state index contributed by atoms with van der Waals surface area (Å²) >= 11 is 0. The molecule has 1 aliphatic heterocycles. The van der Waals surface area contributed by atoms with Gasteiger partial charge in [-0.3, -0.25) is 4.79 Å². The van der Waals surface area contributed by atoms with Crippen molar-refractivity contribution >= 4 is 5.91 Å². The molecule has 3 rings (SSSR count). The SMILES string of the molecule is Cc1ccc(C)c(OCC(=O)N2CC3CCC(N)C3C2)c1. The quantitative estimate of drug-likeness (QED) is 0.924. The van der Waals surface area contributed by atoms with Crippen molar-refractivity contribution in [3.63, 3.8) is 0 Å². The van der Waals surface area contributed by atoms with E-state index in [0.717, 1.165) is 42.8 Å². The smallest absolute Gasteiger partial charge is 0.260 e. The second-order valence-electron chi connectivity index (χ2n) is 6.52. The van der Waals surface area contributed by atoms with Crippen LogP contribution in [0.4, 0.5) is 0 Å². The van der Waals surface area contributed by atoms with Gasteiger partial charge in [-0.1, -0.05) is 12.1 Å². The molecule has 21 heavy (non-hydrogen) atoms. The summed E-state index contributed by atoms with van der Waals surface area (Å²) in [4.78, 5) is 14.2. The monoisotopic (exact) mass is 288 g/mol. The third-order valence-electron chi connectivity index (χ3n) is 4.96. The Hall–Kier alpha value is -1.55. The molecule has 1 saturated heterocycles. The van der Waals surface area contributed by atoms with E-state index in [1.807, 2.05) is 36.9 Å². The Morgan fingerprint density at radius 3 is 2.90 bits per heavy atom. The highest BCUT2D eigenvalue weighted by Crippen LogP contribution is 2.37. The molecule has 1 aromatic carbocycles. The van der Waals surface area contributed by atoms with Gasteiger partial charge in [0.15, 0.2) is 6.61 Å². The van der Waals surface area contributed by atoms with Crippen LogP contribution in [0.15, 0.2) is 18.2 Å². The molecule has 1 amide bonds. The maximum atomic E-state index is 12.3. The minimum Gasteiger partial charge on any atom is -0.483 e. The maximum absolute atomic E-state index is 12.3. The molecule has 4 nitrogen and oxygen atoms in total. The molecule has 1 aromatic rings. The van der Waals surface area contributed by atoms with Gasteiger partial charge in [-0.25, -0.2) is 0 Å². The Bertz CT molecular complexity index is 544. The number of aryl methyl sites for hydroxylation is 2. The van der Waals surface area contributed by atoms with Crippen molar-refractivity contribution in [2.45, 2.75) is 32.7 Å². The fraction of sp³-hybridized carbons (Fsp3) is 0.588. The number of benzene rings is 1. The van der Waals surface area contributed by atoms with Gasteiger partial charge in [0.25, 0.3) is 5.91 Å². The van der Waals surface area contributed by atoms with E-state index in [0.29, 0.717) is 11.8 Å². The lowest BCUT2D eigenvalue weighted by Gasteiger charge is -2.19. The minimum absolute atomic E-state index is 0.0810. The van der Waals surface area contributed by atoms with Crippen molar-refractivity contribution in [3.8, 4) is 5.75 Å². The van der Waals surface area contributed by atoms with Crippen molar-refractivity contribution in [1.82, 2.24) is 4.90 Å². The molecule has 114 valence electrons. The number of nitrogens with zero attached hydrogens (tertiary/aromatic N) is 1. The average molecular weight is 288 g/mol. The molecule has 0 spiro atoms. The molecule has 0 bridgehead atoms. The van der Waals surface area contributed by atoms with Gasteiger partial charge in [0.1, 0.15) is 5.75 Å². The second kappa shape index (κ2) is 5.68. The summed E-state index contributed by atoms with van der Waals surface area (Å²) < 4.78 is 5.72. The Balaban J connectivity index is 1.57. The zero-order valence-electron chi connectivity index (χ0n) is 12.8. The fourth-order valence-corrected chi connectivity index (χ4v) is 3.60. The van der Waals surface area contributed by atoms with Crippen LogP contribution in [0.5, 0.6) is 5.75 Å². The summed E-state index contributed by atoms with van der Waals surface area (Å²) in [6.45, 7) is 5.81. The molecule has 0 aromatic heterocycles. The minimum atomic E-state index is 0.0810. The first-order chi connectivity index (χ1) is 10.0. The third kappa shape index (κ3) is 2.91. The summed E-state index contributed by atoms with van der Waals surface area (Å²) in [5.74, 6) is 1.98. The Kier molecular flexibility index (Phi) is 3.89. The Morgan fingerprint density at radius 1 is 1.33 bits per heavy atom. The highest BCUT2D eigenvalue weighted by Gasteiger charge is 2.42. The number of carbonyl (C=O) groups excluding carboxylic acids is 1. The van der Waals surface area contributed by atoms with Gasteiger partial charge >= 0.3 is 0 Å². The maximum Gasteiger partial charge on any atom is 0.260 e. The average Bonchev–Trinajstić information content (AvgIpc) is 3.02. The standard InChI is InChI=1S/C17H24N2O2/c1-11-3-4-12(2)16(7-11)21-10-17(20)19-8-13-5-6-15(18)14(13)9-19/h3-4,7,13-15H,5-6,8-10,18H2,1-2H3. The van der Waals surface area contributed by atoms with Crippen LogP contribution in [0.3, 0.4) is 0 Å². The van der Waals surface area contributed by atoms with Gasteiger partial charge in [-0.15, -0.1) is 0 Å². The topological polar surface area (TPSA) is 55.6 Å². The Labute approximate surface area is 126 Å². The number of fused-ring (bicyclic) bond motifs is 1. The van der Waals surface area contributed by atoms with Crippen LogP contribution in [0.1, 0.15) is 24.0 Å². The van der Waals surface area contributed by atoms with E-state index in [-0.39, 0.29) is 18.6 Å². The lowest BCUT2D eigenvalue weighted by Crippen LogP contribution is -2.36. The van der Waals surface area contributed by atoms with Crippen molar-refractivity contribution in [1.29, 1.82) is 0 Å². The van der Waals surface area contributed by atoms with Crippen LogP contribution in [-0.4, -0.2) is 36.5 Å². The van der Waals surface area contributed by atoms with E-state index < -0.39 is 0 Å². The molecule has 1 heterocycles. The van der Waals surface area contributed by atoms with Crippen molar-refractivity contribution in [2.24, 2.45) is 17.6 Å². The van der Waals surface area contributed by atoms with Crippen molar-refractivity contribution in [3.05, 3.63) is 29.3 Å². The lowest BCUT2D eigenvalue weighted by molar-refractivity contribution is -0.132. The van der Waals surface area contributed by atoms with E-state index >= 15 is 0 Å². The Morgan fingerprint density at radius 2 is 2.14 bits per heavy atom. The molecule has 0 radical (unpaired) electrons. The fourth-order valence-electron chi connectivity index (χ4n) is 3.60. The number of carbonyl (C=O) groups is 1. The first kappa shape index (κ1) is 14.4. The predicted molar refractivity (Wildman–Crippen MR) is 82.2 cm³/mol. The van der Waals surface area contributed by atoms with Crippen molar-refractivity contribution in [2.75, 3.05) is 19.7 Å². The number of ether oxygens (including phenoxy) is 1. The molecule has 2 fully saturated rings. The summed E-state index contributed by atoms with van der Waals surface area (Å²) in [5, 5.41) is 0. The van der Waals surface area contributed by atoms with E-state index in [1.165, 1.54) is 0 Å². The van der Waals surface area contributed by atoms with Crippen LogP contribution < -0.4 is 10.5 Å². The first-order valence-electron chi connectivity index (χ1n) is 7.78. The van der Waals surface area contributed by atoms with Gasteiger partial charge in [-0.05, 0) is 55.7 Å². The first-order valence-corrected chi connectivity index (χ1v) is 7.78. The van der Waals surface area contributed by atoms with Gasteiger partial charge in [0, 0.05) is 19.1 Å². The van der Waals surface area contributed by atoms with Crippen LogP contribution in [0.25, 0.3) is 0 Å². The molecular weight excluding hydrogens is 264 g/mol. The van der Waals surface area contributed by atoms with Crippen molar-refractivity contribution < 1.29 is 9.53 Å². The number of nitrogens with two attached hydrogens (primary N) is 1. The summed E-state index contributed by atoms with van der Waals surface area (Å²) in [6.07, 6.45) is 2.27. The number of hydrogen-bond donors (Lipinski definition) is 1. The molecule has 2 N–H and O–H groups in total. The molecule has 2 aliphatic rings. The second-order valence-corrected chi connectivity index (χ2v) is 6.52. The van der Waals surface area contributed by atoms with E-state index in [4.69, 9.17) is 10.5 Å². The van der Waals surface area contributed by atoms with Gasteiger partial charge in [0.2, 0.25) is 0 Å². The van der Waals surface area contributed by atoms with Crippen LogP contribution in [0, 0.1) is 25.7 Å². The zero-order chi connectivity index (χ0) is 15.0. The zero-order valence-corrected chi connectivity index (χ0v) is 12.8.